The van der Waals surface area contributed by atoms with E-state index < -0.39 is 6.10 Å². The average Bonchev–Trinajstić information content (AvgIpc) is 2.86. The third kappa shape index (κ3) is 4.96. The van der Waals surface area contributed by atoms with Gasteiger partial charge in [-0.05, 0) is 46.2 Å². The third-order valence-corrected chi connectivity index (χ3v) is 5.26. The van der Waals surface area contributed by atoms with Gasteiger partial charge in [0.25, 0.3) is 5.91 Å². The summed E-state index contributed by atoms with van der Waals surface area (Å²) in [7, 11) is 0. The molecule has 1 atom stereocenters. The summed E-state index contributed by atoms with van der Waals surface area (Å²) in [5.74, 6) is 1.53. The van der Waals surface area contributed by atoms with Crippen LogP contribution >= 0.6 is 0 Å². The maximum atomic E-state index is 12.5. The number of fused-ring (bicyclic) bond motifs is 2. The molecule has 1 heterocycles. The third-order valence-electron chi connectivity index (χ3n) is 5.26. The number of amides is 1. The molecule has 6 nitrogen and oxygen atoms in total. The van der Waals surface area contributed by atoms with E-state index in [1.165, 1.54) is 0 Å². The van der Waals surface area contributed by atoms with E-state index >= 15 is 0 Å². The summed E-state index contributed by atoms with van der Waals surface area (Å²) >= 11 is 0. The van der Waals surface area contributed by atoms with E-state index in [0.717, 1.165) is 27.6 Å². The summed E-state index contributed by atoms with van der Waals surface area (Å²) in [6.45, 7) is 0.601. The van der Waals surface area contributed by atoms with Crippen LogP contribution in [0, 0.1) is 0 Å². The van der Waals surface area contributed by atoms with Gasteiger partial charge in [-0.3, -0.25) is 4.79 Å². The number of ether oxygens (including phenoxy) is 3. The number of carbonyl (C=O) groups is 1. The van der Waals surface area contributed by atoms with Crippen LogP contribution in [-0.2, 0) is 11.4 Å². The lowest BCUT2D eigenvalue weighted by atomic mass is 10.1. The molecule has 0 aliphatic carbocycles. The largest absolute Gasteiger partial charge is 0.489 e. The molecule has 164 valence electrons. The van der Waals surface area contributed by atoms with Gasteiger partial charge in [-0.2, -0.15) is 5.10 Å². The molecule has 1 N–H and O–H groups in total. The number of hydrogen-bond donors (Lipinski definition) is 1. The van der Waals surface area contributed by atoms with Gasteiger partial charge in [0.15, 0.2) is 11.5 Å². The van der Waals surface area contributed by atoms with Crippen molar-refractivity contribution in [3.8, 4) is 17.2 Å². The van der Waals surface area contributed by atoms with Crippen molar-refractivity contribution >= 4 is 22.9 Å². The Hall–Kier alpha value is -4.32. The fraction of sp³-hybridized carbons (Fsp3) is 0.111. The highest BCUT2D eigenvalue weighted by molar-refractivity contribution is 5.88. The first kappa shape index (κ1) is 20.6. The minimum atomic E-state index is -0.781. The molecule has 4 aromatic carbocycles. The van der Waals surface area contributed by atoms with Crippen LogP contribution in [0.5, 0.6) is 17.2 Å². The Morgan fingerprint density at radius 1 is 0.939 bits per heavy atom. The van der Waals surface area contributed by atoms with Crippen molar-refractivity contribution in [3.63, 3.8) is 0 Å². The van der Waals surface area contributed by atoms with Gasteiger partial charge >= 0.3 is 0 Å². The zero-order valence-corrected chi connectivity index (χ0v) is 17.8. The van der Waals surface area contributed by atoms with E-state index in [1.54, 1.807) is 6.21 Å². The first-order valence-corrected chi connectivity index (χ1v) is 10.7. The molecule has 1 amide bonds. The molecule has 0 saturated heterocycles. The molecule has 6 heteroatoms. The van der Waals surface area contributed by atoms with E-state index in [9.17, 15) is 4.79 Å². The molecule has 0 unspecified atom stereocenters. The van der Waals surface area contributed by atoms with E-state index in [1.807, 2.05) is 91.0 Å². The lowest BCUT2D eigenvalue weighted by Gasteiger charge is -2.25. The number of hydrazone groups is 1. The number of nitrogens with zero attached hydrogens (tertiary/aromatic N) is 1. The first-order valence-electron chi connectivity index (χ1n) is 10.7. The van der Waals surface area contributed by atoms with Gasteiger partial charge in [0.1, 0.15) is 19.0 Å². The van der Waals surface area contributed by atoms with Crippen LogP contribution in [0.3, 0.4) is 0 Å². The Morgan fingerprint density at radius 2 is 1.70 bits per heavy atom. The number of rotatable bonds is 6. The second kappa shape index (κ2) is 9.44. The maximum Gasteiger partial charge on any atom is 0.284 e. The Balaban J connectivity index is 1.18. The van der Waals surface area contributed by atoms with Crippen LogP contribution in [-0.4, -0.2) is 24.8 Å². The lowest BCUT2D eigenvalue weighted by Crippen LogP contribution is -2.42. The fourth-order valence-electron chi connectivity index (χ4n) is 3.55. The quantitative estimate of drug-likeness (QED) is 0.350. The normalized spacial score (nSPS) is 14.8. The Labute approximate surface area is 191 Å². The zero-order valence-electron chi connectivity index (χ0n) is 17.8. The molecule has 4 aromatic rings. The van der Waals surface area contributed by atoms with Crippen molar-refractivity contribution in [1.82, 2.24) is 5.43 Å². The van der Waals surface area contributed by atoms with Crippen LogP contribution < -0.4 is 19.6 Å². The zero-order chi connectivity index (χ0) is 22.5. The van der Waals surface area contributed by atoms with Crippen LogP contribution in [0.25, 0.3) is 10.8 Å². The van der Waals surface area contributed by atoms with Crippen LogP contribution in [0.15, 0.2) is 96.1 Å². The van der Waals surface area contributed by atoms with Crippen molar-refractivity contribution < 1.29 is 19.0 Å². The van der Waals surface area contributed by atoms with E-state index in [4.69, 9.17) is 14.2 Å². The molecule has 5 rings (SSSR count). The standard InChI is InChI=1S/C27H22N2O4/c30-27(26-18-32-24-14-21-10-4-5-11-22(21)15-25(24)33-26)29-28-16-20-9-6-12-23(13-20)31-17-19-7-2-1-3-8-19/h1-16,26H,17-18H2,(H,29,30)/b28-16+/t26-/m1/s1. The molecule has 0 fully saturated rings. The summed E-state index contributed by atoms with van der Waals surface area (Å²) in [5.41, 5.74) is 4.43. The SMILES string of the molecule is O=C(N/N=C/c1cccc(OCc2ccccc2)c1)[C@H]1COc2cc3ccccc3cc2O1. The van der Waals surface area contributed by atoms with Gasteiger partial charge in [-0.15, -0.1) is 0 Å². The van der Waals surface area contributed by atoms with E-state index in [2.05, 4.69) is 10.5 Å². The second-order valence-electron chi connectivity index (χ2n) is 7.64. The second-order valence-corrected chi connectivity index (χ2v) is 7.64. The molecule has 33 heavy (non-hydrogen) atoms. The monoisotopic (exact) mass is 438 g/mol. The molecule has 0 spiro atoms. The highest BCUT2D eigenvalue weighted by atomic mass is 16.6. The minimum absolute atomic E-state index is 0.121. The number of hydrogen-bond acceptors (Lipinski definition) is 5. The summed E-state index contributed by atoms with van der Waals surface area (Å²) < 4.78 is 17.5. The molecule has 0 saturated carbocycles. The van der Waals surface area contributed by atoms with Gasteiger partial charge in [-0.1, -0.05) is 66.7 Å². The van der Waals surface area contributed by atoms with Crippen LogP contribution in [0.1, 0.15) is 11.1 Å². The van der Waals surface area contributed by atoms with Gasteiger partial charge < -0.3 is 14.2 Å². The topological polar surface area (TPSA) is 69.2 Å². The van der Waals surface area contributed by atoms with Gasteiger partial charge in [0, 0.05) is 0 Å². The molecular formula is C27H22N2O4. The van der Waals surface area contributed by atoms with Crippen molar-refractivity contribution in [3.05, 3.63) is 102 Å². The van der Waals surface area contributed by atoms with Crippen molar-refractivity contribution in [2.45, 2.75) is 12.7 Å². The highest BCUT2D eigenvalue weighted by Gasteiger charge is 2.27. The fourth-order valence-corrected chi connectivity index (χ4v) is 3.55. The maximum absolute atomic E-state index is 12.5. The van der Waals surface area contributed by atoms with Crippen molar-refractivity contribution in [2.75, 3.05) is 6.61 Å². The predicted molar refractivity (Wildman–Crippen MR) is 127 cm³/mol. The van der Waals surface area contributed by atoms with Crippen molar-refractivity contribution in [2.24, 2.45) is 5.10 Å². The molecule has 1 aliphatic rings. The smallest absolute Gasteiger partial charge is 0.284 e. The average molecular weight is 438 g/mol. The van der Waals surface area contributed by atoms with Crippen LogP contribution in [0.2, 0.25) is 0 Å². The predicted octanol–water partition coefficient (Wildman–Crippen LogP) is 4.71. The number of nitrogens with one attached hydrogen (secondary N) is 1. The van der Waals surface area contributed by atoms with Gasteiger partial charge in [-0.25, -0.2) is 5.43 Å². The Kier molecular flexibility index (Phi) is 5.89. The summed E-state index contributed by atoms with van der Waals surface area (Å²) in [5, 5.41) is 6.15. The number of carbonyl (C=O) groups excluding carboxylic acids is 1. The van der Waals surface area contributed by atoms with E-state index in [0.29, 0.717) is 18.1 Å². The minimum Gasteiger partial charge on any atom is -0.489 e. The molecular weight excluding hydrogens is 416 g/mol. The molecule has 0 bridgehead atoms. The molecule has 0 radical (unpaired) electrons. The van der Waals surface area contributed by atoms with Crippen molar-refractivity contribution in [1.29, 1.82) is 0 Å². The Morgan fingerprint density at radius 3 is 2.52 bits per heavy atom. The van der Waals surface area contributed by atoms with Crippen LogP contribution in [0.4, 0.5) is 0 Å². The molecule has 1 aliphatic heterocycles. The number of benzene rings is 4. The lowest BCUT2D eigenvalue weighted by molar-refractivity contribution is -0.130. The Bertz CT molecular complexity index is 1300. The summed E-state index contributed by atoms with van der Waals surface area (Å²) in [6.07, 6.45) is 0.787. The summed E-state index contributed by atoms with van der Waals surface area (Å²) in [4.78, 5) is 12.5. The molecule has 0 aromatic heterocycles. The van der Waals surface area contributed by atoms with E-state index in [-0.39, 0.29) is 12.5 Å². The first-order chi connectivity index (χ1) is 16.2. The highest BCUT2D eigenvalue weighted by Crippen LogP contribution is 2.35. The van der Waals surface area contributed by atoms with Gasteiger partial charge in [0.2, 0.25) is 6.10 Å². The van der Waals surface area contributed by atoms with Gasteiger partial charge in [0.05, 0.1) is 6.21 Å². The summed E-state index contributed by atoms with van der Waals surface area (Å²) in [6, 6.07) is 29.2.